The highest BCUT2D eigenvalue weighted by Gasteiger charge is 2.14. The van der Waals surface area contributed by atoms with Gasteiger partial charge in [-0.25, -0.2) is 4.79 Å². The number of carbonyl (C=O) groups is 1. The predicted molar refractivity (Wildman–Crippen MR) is 110 cm³/mol. The zero-order chi connectivity index (χ0) is 19.9. The molecule has 28 heavy (non-hydrogen) atoms. The van der Waals surface area contributed by atoms with Crippen molar-refractivity contribution >= 4 is 23.1 Å². The molecule has 0 fully saturated rings. The standard InChI is InChI=1S/C23H19ClO4/c1-27-20-11-12-21(22(14-23(25)26)16-5-3-2-4-6-16)17(13-20)15-28-19-9-7-18(24)8-10-19/h2-14H,15H2,1H3,(H,25,26)/b22-14+. The Labute approximate surface area is 168 Å². The largest absolute Gasteiger partial charge is 0.497 e. The zero-order valence-electron chi connectivity index (χ0n) is 15.3. The van der Waals surface area contributed by atoms with Crippen LogP contribution in [-0.4, -0.2) is 18.2 Å². The summed E-state index contributed by atoms with van der Waals surface area (Å²) in [6, 6.07) is 22.0. The van der Waals surface area contributed by atoms with Gasteiger partial charge < -0.3 is 14.6 Å². The van der Waals surface area contributed by atoms with Crippen molar-refractivity contribution < 1.29 is 19.4 Å². The molecule has 0 saturated carbocycles. The van der Waals surface area contributed by atoms with Crippen molar-refractivity contribution in [2.45, 2.75) is 6.61 Å². The van der Waals surface area contributed by atoms with Crippen LogP contribution < -0.4 is 9.47 Å². The summed E-state index contributed by atoms with van der Waals surface area (Å²) in [6.45, 7) is 0.248. The molecule has 3 aromatic rings. The highest BCUT2D eigenvalue weighted by Crippen LogP contribution is 2.30. The fourth-order valence-corrected chi connectivity index (χ4v) is 2.95. The van der Waals surface area contributed by atoms with E-state index < -0.39 is 5.97 Å². The average Bonchev–Trinajstić information content (AvgIpc) is 2.72. The summed E-state index contributed by atoms with van der Waals surface area (Å²) in [5.41, 5.74) is 2.99. The summed E-state index contributed by atoms with van der Waals surface area (Å²) in [4.78, 5) is 11.5. The van der Waals surface area contributed by atoms with Gasteiger partial charge in [-0.15, -0.1) is 0 Å². The summed E-state index contributed by atoms with van der Waals surface area (Å²) in [6.07, 6.45) is 1.21. The van der Waals surface area contributed by atoms with Gasteiger partial charge in [0.05, 0.1) is 7.11 Å². The molecule has 0 atom stereocenters. The molecule has 142 valence electrons. The lowest BCUT2D eigenvalue weighted by molar-refractivity contribution is -0.131. The molecule has 4 nitrogen and oxygen atoms in total. The van der Waals surface area contributed by atoms with E-state index in [1.54, 1.807) is 37.4 Å². The van der Waals surface area contributed by atoms with E-state index in [4.69, 9.17) is 21.1 Å². The molecular formula is C23H19ClO4. The van der Waals surface area contributed by atoms with Crippen LogP contribution in [0, 0.1) is 0 Å². The highest BCUT2D eigenvalue weighted by molar-refractivity contribution is 6.30. The number of carboxylic acids is 1. The molecule has 0 aliphatic heterocycles. The van der Waals surface area contributed by atoms with Gasteiger partial charge in [0, 0.05) is 16.7 Å². The van der Waals surface area contributed by atoms with E-state index >= 15 is 0 Å². The first-order valence-electron chi connectivity index (χ1n) is 8.62. The summed E-state index contributed by atoms with van der Waals surface area (Å²) < 4.78 is 11.2. The Hall–Kier alpha value is -3.24. The maximum absolute atomic E-state index is 11.5. The second-order valence-electron chi connectivity index (χ2n) is 6.03. The molecule has 3 aromatic carbocycles. The van der Waals surface area contributed by atoms with Crippen LogP contribution in [0.4, 0.5) is 0 Å². The number of rotatable bonds is 7. The van der Waals surface area contributed by atoms with Crippen LogP contribution in [0.25, 0.3) is 5.57 Å². The minimum atomic E-state index is -1.01. The van der Waals surface area contributed by atoms with E-state index in [1.807, 2.05) is 42.5 Å². The number of benzene rings is 3. The van der Waals surface area contributed by atoms with Crippen LogP contribution in [0.3, 0.4) is 0 Å². The Morgan fingerprint density at radius 2 is 1.68 bits per heavy atom. The van der Waals surface area contributed by atoms with Crippen molar-refractivity contribution in [3.05, 3.63) is 101 Å². The van der Waals surface area contributed by atoms with Crippen LogP contribution in [-0.2, 0) is 11.4 Å². The van der Waals surface area contributed by atoms with Crippen molar-refractivity contribution in [1.29, 1.82) is 0 Å². The summed E-state index contributed by atoms with van der Waals surface area (Å²) in [5, 5.41) is 10.0. The topological polar surface area (TPSA) is 55.8 Å². The van der Waals surface area contributed by atoms with E-state index in [-0.39, 0.29) is 6.61 Å². The molecule has 5 heteroatoms. The third-order valence-electron chi connectivity index (χ3n) is 4.16. The third kappa shape index (κ3) is 4.93. The molecule has 0 radical (unpaired) electrons. The lowest BCUT2D eigenvalue weighted by atomic mass is 9.93. The maximum atomic E-state index is 11.5. The van der Waals surface area contributed by atoms with Crippen molar-refractivity contribution in [3.63, 3.8) is 0 Å². The number of halogens is 1. The Kier molecular flexibility index (Phi) is 6.35. The Bertz CT molecular complexity index is 979. The predicted octanol–water partition coefficient (Wildman–Crippen LogP) is 5.44. The number of hydrogen-bond donors (Lipinski definition) is 1. The van der Waals surface area contributed by atoms with Crippen molar-refractivity contribution in [2.24, 2.45) is 0 Å². The molecule has 1 N–H and O–H groups in total. The summed E-state index contributed by atoms with van der Waals surface area (Å²) in [7, 11) is 1.59. The maximum Gasteiger partial charge on any atom is 0.328 e. The normalized spacial score (nSPS) is 11.1. The molecular weight excluding hydrogens is 376 g/mol. The molecule has 0 bridgehead atoms. The molecule has 0 amide bonds. The first-order valence-corrected chi connectivity index (χ1v) is 9.00. The second-order valence-corrected chi connectivity index (χ2v) is 6.46. The Morgan fingerprint density at radius 3 is 2.32 bits per heavy atom. The summed E-state index contributed by atoms with van der Waals surface area (Å²) in [5.74, 6) is 0.321. The quantitative estimate of drug-likeness (QED) is 0.542. The van der Waals surface area contributed by atoms with Gasteiger partial charge in [0.1, 0.15) is 18.1 Å². The van der Waals surface area contributed by atoms with Gasteiger partial charge in [-0.2, -0.15) is 0 Å². The fourth-order valence-electron chi connectivity index (χ4n) is 2.83. The lowest BCUT2D eigenvalue weighted by Gasteiger charge is -2.16. The van der Waals surface area contributed by atoms with Crippen molar-refractivity contribution in [1.82, 2.24) is 0 Å². The SMILES string of the molecule is COc1ccc(/C(=C/C(=O)O)c2ccccc2)c(COc2ccc(Cl)cc2)c1. The molecule has 0 aliphatic carbocycles. The van der Waals surface area contributed by atoms with Crippen LogP contribution in [0.15, 0.2) is 78.9 Å². The first-order chi connectivity index (χ1) is 13.6. The van der Waals surface area contributed by atoms with Gasteiger partial charge in [0.15, 0.2) is 0 Å². The van der Waals surface area contributed by atoms with Gasteiger partial charge in [0.25, 0.3) is 0 Å². The minimum Gasteiger partial charge on any atom is -0.497 e. The number of aliphatic carboxylic acids is 1. The number of carboxylic acid groups (broad SMARTS) is 1. The summed E-state index contributed by atoms with van der Waals surface area (Å²) >= 11 is 5.92. The van der Waals surface area contributed by atoms with E-state index in [2.05, 4.69) is 0 Å². The molecule has 3 rings (SSSR count). The van der Waals surface area contributed by atoms with Crippen LogP contribution in [0.2, 0.25) is 5.02 Å². The van der Waals surface area contributed by atoms with Crippen LogP contribution in [0.1, 0.15) is 16.7 Å². The van der Waals surface area contributed by atoms with E-state index in [0.29, 0.717) is 22.1 Å². The molecule has 0 heterocycles. The molecule has 0 aromatic heterocycles. The van der Waals surface area contributed by atoms with Crippen molar-refractivity contribution in [3.8, 4) is 11.5 Å². The lowest BCUT2D eigenvalue weighted by Crippen LogP contribution is -2.03. The molecule has 0 saturated heterocycles. The third-order valence-corrected chi connectivity index (χ3v) is 4.42. The molecule has 0 unspecified atom stereocenters. The zero-order valence-corrected chi connectivity index (χ0v) is 16.0. The molecule has 0 aliphatic rings. The van der Waals surface area contributed by atoms with Gasteiger partial charge in [-0.3, -0.25) is 0 Å². The van der Waals surface area contributed by atoms with Crippen LogP contribution >= 0.6 is 11.6 Å². The highest BCUT2D eigenvalue weighted by atomic mass is 35.5. The van der Waals surface area contributed by atoms with Crippen LogP contribution in [0.5, 0.6) is 11.5 Å². The monoisotopic (exact) mass is 394 g/mol. The van der Waals surface area contributed by atoms with E-state index in [0.717, 1.165) is 16.7 Å². The first kappa shape index (κ1) is 19.5. The Morgan fingerprint density at radius 1 is 1.00 bits per heavy atom. The van der Waals surface area contributed by atoms with E-state index in [1.165, 1.54) is 6.08 Å². The second kappa shape index (κ2) is 9.11. The van der Waals surface area contributed by atoms with Gasteiger partial charge >= 0.3 is 5.97 Å². The van der Waals surface area contributed by atoms with Crippen molar-refractivity contribution in [2.75, 3.05) is 7.11 Å². The Balaban J connectivity index is 2.01. The smallest absolute Gasteiger partial charge is 0.328 e. The average molecular weight is 395 g/mol. The van der Waals surface area contributed by atoms with Gasteiger partial charge in [0.2, 0.25) is 0 Å². The van der Waals surface area contributed by atoms with Gasteiger partial charge in [-0.1, -0.05) is 48.0 Å². The van der Waals surface area contributed by atoms with E-state index in [9.17, 15) is 9.90 Å². The fraction of sp³-hybridized carbons (Fsp3) is 0.0870. The molecule has 0 spiro atoms. The number of hydrogen-bond acceptors (Lipinski definition) is 3. The van der Waals surface area contributed by atoms with Gasteiger partial charge in [-0.05, 0) is 53.1 Å². The number of ether oxygens (including phenoxy) is 2. The minimum absolute atomic E-state index is 0.248. The number of methoxy groups -OCH3 is 1.